The first kappa shape index (κ1) is 14.5. The average Bonchev–Trinajstić information content (AvgIpc) is 2.44. The average molecular weight is 271 g/mol. The third kappa shape index (κ3) is 3.58. The maximum absolute atomic E-state index is 12.1. The minimum Gasteiger partial charge on any atom is -0.325 e. The number of carbonyl (C=O) groups is 1. The first-order valence-corrected chi connectivity index (χ1v) is 7.16. The highest BCUT2D eigenvalue weighted by Crippen LogP contribution is 2.22. The molecule has 20 heavy (non-hydrogen) atoms. The van der Waals surface area contributed by atoms with Gasteiger partial charge in [-0.15, -0.1) is 0 Å². The second-order valence-electron chi connectivity index (χ2n) is 5.54. The van der Waals surface area contributed by atoms with Gasteiger partial charge in [0.15, 0.2) is 0 Å². The fraction of sp³-hybridized carbons (Fsp3) is 0.500. The van der Waals surface area contributed by atoms with E-state index < -0.39 is 0 Å². The highest BCUT2D eigenvalue weighted by molar-refractivity contribution is 5.92. The number of hydrogen-bond donors (Lipinski definition) is 1. The molecular formula is C16H21N3O. The number of piperidine rings is 1. The summed E-state index contributed by atoms with van der Waals surface area (Å²) in [6, 6.07) is 9.94. The van der Waals surface area contributed by atoms with Crippen LogP contribution in [0.5, 0.6) is 0 Å². The molecule has 0 bridgehead atoms. The van der Waals surface area contributed by atoms with Crippen LogP contribution in [0.25, 0.3) is 0 Å². The largest absolute Gasteiger partial charge is 0.325 e. The van der Waals surface area contributed by atoms with E-state index in [1.807, 2.05) is 0 Å². The molecule has 2 atom stereocenters. The summed E-state index contributed by atoms with van der Waals surface area (Å²) in [5.74, 6) is 0.00954. The smallest absolute Gasteiger partial charge is 0.238 e. The molecule has 1 aliphatic heterocycles. The van der Waals surface area contributed by atoms with Crippen molar-refractivity contribution in [2.75, 3.05) is 11.9 Å². The van der Waals surface area contributed by atoms with E-state index in [-0.39, 0.29) is 5.91 Å². The lowest BCUT2D eigenvalue weighted by Gasteiger charge is -2.38. The molecule has 106 valence electrons. The lowest BCUT2D eigenvalue weighted by atomic mass is 9.97. The van der Waals surface area contributed by atoms with Gasteiger partial charge in [0.05, 0.1) is 18.2 Å². The van der Waals surface area contributed by atoms with Gasteiger partial charge in [0.1, 0.15) is 0 Å². The first-order chi connectivity index (χ1) is 9.60. The number of benzene rings is 1. The second-order valence-corrected chi connectivity index (χ2v) is 5.54. The van der Waals surface area contributed by atoms with E-state index >= 15 is 0 Å². The molecule has 1 aromatic carbocycles. The van der Waals surface area contributed by atoms with E-state index in [4.69, 9.17) is 5.26 Å². The molecule has 2 rings (SSSR count). The van der Waals surface area contributed by atoms with Crippen molar-refractivity contribution >= 4 is 11.6 Å². The minimum absolute atomic E-state index is 0.00954. The fourth-order valence-electron chi connectivity index (χ4n) is 2.78. The van der Waals surface area contributed by atoms with Crippen molar-refractivity contribution in [3.63, 3.8) is 0 Å². The van der Waals surface area contributed by atoms with Crippen molar-refractivity contribution in [3.8, 4) is 6.07 Å². The molecule has 1 saturated heterocycles. The topological polar surface area (TPSA) is 56.1 Å². The molecule has 1 aliphatic rings. The van der Waals surface area contributed by atoms with Crippen LogP contribution in [0.2, 0.25) is 0 Å². The third-order valence-corrected chi connectivity index (χ3v) is 4.00. The molecule has 0 radical (unpaired) electrons. The standard InChI is InChI=1S/C16H21N3O/c1-12-4-3-5-13(2)19(12)11-16(20)18-15-8-6-14(10-17)7-9-15/h6-9,12-13H,3-5,11H2,1-2H3,(H,18,20). The van der Waals surface area contributed by atoms with Gasteiger partial charge in [0.2, 0.25) is 5.91 Å². The van der Waals surface area contributed by atoms with Gasteiger partial charge in [-0.05, 0) is 51.0 Å². The van der Waals surface area contributed by atoms with E-state index in [0.717, 1.165) is 18.5 Å². The highest BCUT2D eigenvalue weighted by atomic mass is 16.2. The minimum atomic E-state index is 0.00954. The van der Waals surface area contributed by atoms with Gasteiger partial charge in [-0.2, -0.15) is 5.26 Å². The third-order valence-electron chi connectivity index (χ3n) is 4.00. The van der Waals surface area contributed by atoms with Gasteiger partial charge < -0.3 is 5.32 Å². The predicted molar refractivity (Wildman–Crippen MR) is 79.3 cm³/mol. The van der Waals surface area contributed by atoms with E-state index in [9.17, 15) is 4.79 Å². The molecule has 0 aromatic heterocycles. The second kappa shape index (κ2) is 6.53. The molecule has 1 heterocycles. The van der Waals surface area contributed by atoms with Crippen molar-refractivity contribution in [2.24, 2.45) is 0 Å². The zero-order chi connectivity index (χ0) is 14.5. The molecule has 4 heteroatoms. The molecule has 0 saturated carbocycles. The van der Waals surface area contributed by atoms with Crippen LogP contribution in [0, 0.1) is 11.3 Å². The molecule has 1 amide bonds. The van der Waals surface area contributed by atoms with Crippen molar-refractivity contribution in [2.45, 2.75) is 45.2 Å². The summed E-state index contributed by atoms with van der Waals surface area (Å²) >= 11 is 0. The fourth-order valence-corrected chi connectivity index (χ4v) is 2.78. The normalized spacial score (nSPS) is 23.1. The van der Waals surface area contributed by atoms with Gasteiger partial charge in [-0.1, -0.05) is 6.42 Å². The quantitative estimate of drug-likeness (QED) is 0.919. The van der Waals surface area contributed by atoms with Crippen molar-refractivity contribution < 1.29 is 4.79 Å². The Morgan fingerprint density at radius 3 is 2.45 bits per heavy atom. The summed E-state index contributed by atoms with van der Waals surface area (Å²) in [6.07, 6.45) is 3.57. The number of nitrogens with one attached hydrogen (secondary N) is 1. The number of nitriles is 1. The number of nitrogens with zero attached hydrogens (tertiary/aromatic N) is 2. The van der Waals surface area contributed by atoms with Crippen LogP contribution in [-0.2, 0) is 4.79 Å². The van der Waals surface area contributed by atoms with Crippen molar-refractivity contribution in [1.82, 2.24) is 4.90 Å². The predicted octanol–water partition coefficient (Wildman–Crippen LogP) is 2.76. The SMILES string of the molecule is CC1CCCC(C)N1CC(=O)Nc1ccc(C#N)cc1. The maximum atomic E-state index is 12.1. The first-order valence-electron chi connectivity index (χ1n) is 7.16. The zero-order valence-electron chi connectivity index (χ0n) is 12.1. The molecule has 0 spiro atoms. The molecule has 0 aliphatic carbocycles. The van der Waals surface area contributed by atoms with Crippen LogP contribution in [-0.4, -0.2) is 29.4 Å². The molecule has 1 N–H and O–H groups in total. The van der Waals surface area contributed by atoms with Crippen LogP contribution >= 0.6 is 0 Å². The van der Waals surface area contributed by atoms with Crippen LogP contribution in [0.3, 0.4) is 0 Å². The van der Waals surface area contributed by atoms with Crippen molar-refractivity contribution in [3.05, 3.63) is 29.8 Å². The van der Waals surface area contributed by atoms with Gasteiger partial charge in [-0.3, -0.25) is 9.69 Å². The maximum Gasteiger partial charge on any atom is 0.238 e. The summed E-state index contributed by atoms with van der Waals surface area (Å²) < 4.78 is 0. The number of rotatable bonds is 3. The highest BCUT2D eigenvalue weighted by Gasteiger charge is 2.26. The Labute approximate surface area is 120 Å². The number of likely N-dealkylation sites (tertiary alicyclic amines) is 1. The van der Waals surface area contributed by atoms with Gasteiger partial charge in [-0.25, -0.2) is 0 Å². The van der Waals surface area contributed by atoms with Crippen molar-refractivity contribution in [1.29, 1.82) is 5.26 Å². The summed E-state index contributed by atoms with van der Waals surface area (Å²) in [4.78, 5) is 14.4. The monoisotopic (exact) mass is 271 g/mol. The number of amides is 1. The Kier molecular flexibility index (Phi) is 4.75. The molecule has 1 fully saturated rings. The van der Waals surface area contributed by atoms with Crippen LogP contribution in [0.15, 0.2) is 24.3 Å². The molecule has 4 nitrogen and oxygen atoms in total. The van der Waals surface area contributed by atoms with Gasteiger partial charge in [0.25, 0.3) is 0 Å². The lowest BCUT2D eigenvalue weighted by molar-refractivity contribution is -0.118. The van der Waals surface area contributed by atoms with E-state index in [1.54, 1.807) is 24.3 Å². The molecular weight excluding hydrogens is 250 g/mol. The van der Waals surface area contributed by atoms with E-state index in [2.05, 4.69) is 30.1 Å². The Balaban J connectivity index is 1.92. The van der Waals surface area contributed by atoms with E-state index in [0.29, 0.717) is 24.2 Å². The summed E-state index contributed by atoms with van der Waals surface area (Å²) in [7, 11) is 0. The number of anilines is 1. The van der Waals surface area contributed by atoms with Gasteiger partial charge in [0, 0.05) is 17.8 Å². The Bertz CT molecular complexity index is 493. The Morgan fingerprint density at radius 2 is 1.90 bits per heavy atom. The Hall–Kier alpha value is -1.86. The molecule has 2 unspecified atom stereocenters. The zero-order valence-corrected chi connectivity index (χ0v) is 12.1. The van der Waals surface area contributed by atoms with Crippen LogP contribution in [0.1, 0.15) is 38.7 Å². The number of hydrogen-bond acceptors (Lipinski definition) is 3. The summed E-state index contributed by atoms with van der Waals surface area (Å²) in [6.45, 7) is 4.80. The summed E-state index contributed by atoms with van der Waals surface area (Å²) in [5, 5.41) is 11.6. The van der Waals surface area contributed by atoms with Crippen LogP contribution in [0.4, 0.5) is 5.69 Å². The number of carbonyl (C=O) groups excluding carboxylic acids is 1. The lowest BCUT2D eigenvalue weighted by Crippen LogP contribution is -2.47. The van der Waals surface area contributed by atoms with E-state index in [1.165, 1.54) is 6.42 Å². The van der Waals surface area contributed by atoms with Crippen LogP contribution < -0.4 is 5.32 Å². The Morgan fingerprint density at radius 1 is 1.30 bits per heavy atom. The molecule has 1 aromatic rings. The van der Waals surface area contributed by atoms with Gasteiger partial charge >= 0.3 is 0 Å². The summed E-state index contributed by atoms with van der Waals surface area (Å²) in [5.41, 5.74) is 1.34.